The van der Waals surface area contributed by atoms with Crippen molar-refractivity contribution in [1.29, 1.82) is 0 Å². The number of sulfonamides is 1. The Bertz CT molecular complexity index is 845. The maximum Gasteiger partial charge on any atom is 0.240 e. The molecule has 0 heterocycles. The van der Waals surface area contributed by atoms with Gasteiger partial charge in [0.2, 0.25) is 10.0 Å². The van der Waals surface area contributed by atoms with Gasteiger partial charge < -0.3 is 14.6 Å². The highest BCUT2D eigenvalue weighted by Crippen LogP contribution is 2.22. The molecule has 0 radical (unpaired) electrons. The third kappa shape index (κ3) is 5.20. The number of hydrogen-bond acceptors (Lipinski definition) is 5. The predicted octanol–water partition coefficient (Wildman–Crippen LogP) is 2.28. The molecule has 0 aliphatic rings. The van der Waals surface area contributed by atoms with Crippen molar-refractivity contribution < 1.29 is 23.0 Å². The highest BCUT2D eigenvalue weighted by molar-refractivity contribution is 7.89. The second kappa shape index (κ2) is 8.07. The molecular formula is C19H25NO5S. The second-order valence-electron chi connectivity index (χ2n) is 6.48. The van der Waals surface area contributed by atoms with Crippen LogP contribution in [0.4, 0.5) is 0 Å². The second-order valence-corrected chi connectivity index (χ2v) is 8.24. The Morgan fingerprint density at radius 1 is 1.08 bits per heavy atom. The van der Waals surface area contributed by atoms with E-state index in [0.29, 0.717) is 12.2 Å². The molecular weight excluding hydrogens is 354 g/mol. The summed E-state index contributed by atoms with van der Waals surface area (Å²) in [5.41, 5.74) is 0.374. The molecule has 6 nitrogen and oxygen atoms in total. The minimum absolute atomic E-state index is 0.105. The van der Waals surface area contributed by atoms with Crippen molar-refractivity contribution in [3.05, 3.63) is 53.6 Å². The predicted molar refractivity (Wildman–Crippen MR) is 100 cm³/mol. The first-order chi connectivity index (χ1) is 12.2. The van der Waals surface area contributed by atoms with Crippen LogP contribution >= 0.6 is 0 Å². The highest BCUT2D eigenvalue weighted by atomic mass is 32.2. The van der Waals surface area contributed by atoms with E-state index in [-0.39, 0.29) is 11.4 Å². The van der Waals surface area contributed by atoms with Crippen LogP contribution in [0.5, 0.6) is 11.5 Å². The molecule has 26 heavy (non-hydrogen) atoms. The normalized spacial score (nSPS) is 13.9. The average molecular weight is 379 g/mol. The first-order valence-corrected chi connectivity index (χ1v) is 9.65. The summed E-state index contributed by atoms with van der Waals surface area (Å²) in [6, 6.07) is 11.9. The lowest BCUT2D eigenvalue weighted by molar-refractivity contribution is 0.0657. The van der Waals surface area contributed by atoms with E-state index in [9.17, 15) is 13.5 Å². The first-order valence-electron chi connectivity index (χ1n) is 8.16. The van der Waals surface area contributed by atoms with E-state index in [4.69, 9.17) is 9.47 Å². The van der Waals surface area contributed by atoms with Gasteiger partial charge in [0.25, 0.3) is 0 Å². The fraction of sp³-hybridized carbons (Fsp3) is 0.368. The fourth-order valence-corrected chi connectivity index (χ4v) is 3.84. The molecule has 142 valence electrons. The Morgan fingerprint density at radius 3 is 2.27 bits per heavy atom. The summed E-state index contributed by atoms with van der Waals surface area (Å²) in [6.45, 7) is 3.27. The molecule has 0 aliphatic carbocycles. The maximum atomic E-state index is 12.5. The van der Waals surface area contributed by atoms with Crippen LogP contribution in [-0.4, -0.2) is 39.9 Å². The van der Waals surface area contributed by atoms with E-state index in [0.717, 1.165) is 16.9 Å². The van der Waals surface area contributed by atoms with E-state index in [1.165, 1.54) is 13.2 Å². The van der Waals surface area contributed by atoms with Crippen LogP contribution < -0.4 is 14.2 Å². The summed E-state index contributed by atoms with van der Waals surface area (Å²) in [6.07, 6.45) is 0.307. The molecule has 2 N–H and O–H groups in total. The molecule has 0 aliphatic heterocycles. The summed E-state index contributed by atoms with van der Waals surface area (Å²) >= 11 is 0. The van der Waals surface area contributed by atoms with Crippen LogP contribution in [0, 0.1) is 6.92 Å². The monoisotopic (exact) mass is 379 g/mol. The van der Waals surface area contributed by atoms with Gasteiger partial charge in [0.15, 0.2) is 0 Å². The Kier molecular flexibility index (Phi) is 6.28. The van der Waals surface area contributed by atoms with Crippen molar-refractivity contribution in [2.24, 2.45) is 0 Å². The first kappa shape index (κ1) is 20.2. The minimum Gasteiger partial charge on any atom is -0.497 e. The molecule has 0 amide bonds. The summed E-state index contributed by atoms with van der Waals surface area (Å²) in [5.74, 6) is 1.35. The van der Waals surface area contributed by atoms with Gasteiger partial charge in [-0.1, -0.05) is 12.1 Å². The highest BCUT2D eigenvalue weighted by Gasteiger charge is 2.25. The lowest BCUT2D eigenvalue weighted by Crippen LogP contribution is -2.42. The zero-order chi connectivity index (χ0) is 19.4. The Balaban J connectivity index is 2.05. The molecule has 0 fully saturated rings. The molecule has 0 saturated heterocycles. The topological polar surface area (TPSA) is 84.9 Å². The van der Waals surface area contributed by atoms with E-state index >= 15 is 0 Å². The number of rotatable bonds is 8. The van der Waals surface area contributed by atoms with Crippen LogP contribution in [0.15, 0.2) is 47.4 Å². The van der Waals surface area contributed by atoms with Gasteiger partial charge >= 0.3 is 0 Å². The SMILES string of the molecule is COc1ccc(CC(C)(O)CNS(=O)(=O)c2ccc(OC)c(C)c2)cc1. The van der Waals surface area contributed by atoms with Crippen molar-refractivity contribution in [1.82, 2.24) is 4.72 Å². The van der Waals surface area contributed by atoms with E-state index in [2.05, 4.69) is 4.72 Å². The summed E-state index contributed by atoms with van der Waals surface area (Å²) < 4.78 is 37.7. The van der Waals surface area contributed by atoms with Crippen LogP contribution in [0.1, 0.15) is 18.1 Å². The molecule has 0 bridgehead atoms. The van der Waals surface area contributed by atoms with Gasteiger partial charge in [-0.05, 0) is 55.3 Å². The molecule has 2 rings (SSSR count). The molecule has 7 heteroatoms. The molecule has 2 aromatic carbocycles. The third-order valence-electron chi connectivity index (χ3n) is 4.06. The Labute approximate surface area is 154 Å². The standard InChI is InChI=1S/C19H25NO5S/c1-14-11-17(9-10-18(14)25-4)26(22,23)20-13-19(2,21)12-15-5-7-16(24-3)8-6-15/h5-11,20-21H,12-13H2,1-4H3. The Hall–Kier alpha value is -2.09. The molecule has 1 atom stereocenters. The molecule has 0 saturated carbocycles. The van der Waals surface area contributed by atoms with Crippen molar-refractivity contribution >= 4 is 10.0 Å². The molecule has 0 spiro atoms. The van der Waals surface area contributed by atoms with E-state index < -0.39 is 15.6 Å². The van der Waals surface area contributed by atoms with Crippen LogP contribution in [0.2, 0.25) is 0 Å². The molecule has 0 aromatic heterocycles. The van der Waals surface area contributed by atoms with Gasteiger partial charge in [-0.15, -0.1) is 0 Å². The van der Waals surface area contributed by atoms with E-state index in [1.807, 2.05) is 12.1 Å². The number of aliphatic hydroxyl groups is 1. The maximum absolute atomic E-state index is 12.5. The third-order valence-corrected chi connectivity index (χ3v) is 5.46. The van der Waals surface area contributed by atoms with Gasteiger partial charge in [-0.3, -0.25) is 0 Å². The lowest BCUT2D eigenvalue weighted by Gasteiger charge is -2.24. The van der Waals surface area contributed by atoms with Gasteiger partial charge in [0.05, 0.1) is 24.7 Å². The summed E-state index contributed by atoms with van der Waals surface area (Å²) in [4.78, 5) is 0.135. The Morgan fingerprint density at radius 2 is 1.73 bits per heavy atom. The van der Waals surface area contributed by atoms with Crippen molar-refractivity contribution in [3.8, 4) is 11.5 Å². The minimum atomic E-state index is -3.73. The number of aryl methyl sites for hydroxylation is 1. The fourth-order valence-electron chi connectivity index (χ4n) is 2.60. The zero-order valence-corrected chi connectivity index (χ0v) is 16.3. The average Bonchev–Trinajstić information content (AvgIpc) is 2.60. The number of hydrogen-bond donors (Lipinski definition) is 2. The van der Waals surface area contributed by atoms with Gasteiger partial charge in [0, 0.05) is 13.0 Å². The molecule has 1 unspecified atom stereocenters. The van der Waals surface area contributed by atoms with E-state index in [1.54, 1.807) is 45.2 Å². The number of nitrogens with one attached hydrogen (secondary N) is 1. The lowest BCUT2D eigenvalue weighted by atomic mass is 9.97. The van der Waals surface area contributed by atoms with Gasteiger partial charge in [-0.2, -0.15) is 0 Å². The van der Waals surface area contributed by atoms with Crippen molar-refractivity contribution in [2.45, 2.75) is 30.8 Å². The largest absolute Gasteiger partial charge is 0.497 e. The smallest absolute Gasteiger partial charge is 0.240 e. The zero-order valence-electron chi connectivity index (χ0n) is 15.4. The van der Waals surface area contributed by atoms with Crippen LogP contribution in [-0.2, 0) is 16.4 Å². The van der Waals surface area contributed by atoms with Crippen LogP contribution in [0.3, 0.4) is 0 Å². The molecule has 2 aromatic rings. The number of benzene rings is 2. The number of ether oxygens (including phenoxy) is 2. The van der Waals surface area contributed by atoms with Crippen molar-refractivity contribution in [2.75, 3.05) is 20.8 Å². The number of methoxy groups -OCH3 is 2. The quantitative estimate of drug-likeness (QED) is 0.735. The van der Waals surface area contributed by atoms with Crippen molar-refractivity contribution in [3.63, 3.8) is 0 Å². The summed E-state index contributed by atoms with van der Waals surface area (Å²) in [7, 11) is -0.612. The van der Waals surface area contributed by atoms with Crippen LogP contribution in [0.25, 0.3) is 0 Å². The summed E-state index contributed by atoms with van der Waals surface area (Å²) in [5, 5.41) is 10.6. The van der Waals surface area contributed by atoms with Gasteiger partial charge in [-0.25, -0.2) is 13.1 Å². The van der Waals surface area contributed by atoms with Gasteiger partial charge in [0.1, 0.15) is 11.5 Å².